The number of hydrogen-bond donors (Lipinski definition) is 1. The number of carbonyl (C=O) groups excluding carboxylic acids is 1. The van der Waals surface area contributed by atoms with Gasteiger partial charge in [-0.2, -0.15) is 11.3 Å². The standard InChI is InChI=1S/C11H11ClN2OS2/c1-6-10(17-7(2)14-6)11(15)13-3-8-4-16-5-9(8)12/h4-5H,3H2,1-2H3,(H,13,15). The second kappa shape index (κ2) is 5.16. The predicted molar refractivity (Wildman–Crippen MR) is 72.1 cm³/mol. The minimum Gasteiger partial charge on any atom is -0.347 e. The van der Waals surface area contributed by atoms with Crippen LogP contribution in [0.25, 0.3) is 0 Å². The molecule has 0 aromatic carbocycles. The lowest BCUT2D eigenvalue weighted by Crippen LogP contribution is -2.22. The van der Waals surface area contributed by atoms with Crippen LogP contribution in [0.1, 0.15) is 25.9 Å². The lowest BCUT2D eigenvalue weighted by molar-refractivity contribution is 0.0954. The molecule has 2 rings (SSSR count). The van der Waals surface area contributed by atoms with Gasteiger partial charge in [0.15, 0.2) is 0 Å². The van der Waals surface area contributed by atoms with E-state index in [1.165, 1.54) is 22.7 Å². The minimum absolute atomic E-state index is 0.0876. The highest BCUT2D eigenvalue weighted by atomic mass is 35.5. The van der Waals surface area contributed by atoms with Crippen molar-refractivity contribution in [2.75, 3.05) is 0 Å². The SMILES string of the molecule is Cc1nc(C)c(C(=O)NCc2cscc2Cl)s1. The first-order valence-corrected chi connectivity index (χ1v) is 7.14. The molecule has 0 aliphatic carbocycles. The third kappa shape index (κ3) is 2.86. The Morgan fingerprint density at radius 2 is 2.24 bits per heavy atom. The number of amides is 1. The molecule has 0 aliphatic heterocycles. The van der Waals surface area contributed by atoms with E-state index in [0.717, 1.165) is 16.3 Å². The minimum atomic E-state index is -0.0876. The van der Waals surface area contributed by atoms with Crippen LogP contribution in [0.3, 0.4) is 0 Å². The highest BCUT2D eigenvalue weighted by Gasteiger charge is 2.13. The van der Waals surface area contributed by atoms with Gasteiger partial charge in [-0.15, -0.1) is 11.3 Å². The molecule has 0 aliphatic rings. The molecule has 2 aromatic heterocycles. The van der Waals surface area contributed by atoms with Gasteiger partial charge in [0, 0.05) is 17.5 Å². The van der Waals surface area contributed by atoms with Gasteiger partial charge in [0.05, 0.1) is 15.7 Å². The van der Waals surface area contributed by atoms with Gasteiger partial charge >= 0.3 is 0 Å². The van der Waals surface area contributed by atoms with Crippen molar-refractivity contribution in [1.82, 2.24) is 10.3 Å². The van der Waals surface area contributed by atoms with Gasteiger partial charge in [0.1, 0.15) is 4.88 Å². The topological polar surface area (TPSA) is 42.0 Å². The Balaban J connectivity index is 2.03. The number of hydrogen-bond acceptors (Lipinski definition) is 4. The van der Waals surface area contributed by atoms with Crippen LogP contribution in [0.2, 0.25) is 5.02 Å². The average Bonchev–Trinajstić information content (AvgIpc) is 2.81. The number of carbonyl (C=O) groups is 1. The lowest BCUT2D eigenvalue weighted by Gasteiger charge is -2.02. The summed E-state index contributed by atoms with van der Waals surface area (Å²) in [6, 6.07) is 0. The second-order valence-electron chi connectivity index (χ2n) is 3.58. The molecular formula is C11H11ClN2OS2. The summed E-state index contributed by atoms with van der Waals surface area (Å²) in [5.74, 6) is -0.0876. The van der Waals surface area contributed by atoms with Crippen molar-refractivity contribution in [2.45, 2.75) is 20.4 Å². The molecule has 1 amide bonds. The van der Waals surface area contributed by atoms with E-state index in [4.69, 9.17) is 11.6 Å². The Hall–Kier alpha value is -0.910. The fourth-order valence-electron chi connectivity index (χ4n) is 1.43. The molecule has 0 spiro atoms. The molecule has 17 heavy (non-hydrogen) atoms. The number of halogens is 1. The molecule has 0 saturated heterocycles. The summed E-state index contributed by atoms with van der Waals surface area (Å²) < 4.78 is 0. The van der Waals surface area contributed by atoms with E-state index in [9.17, 15) is 4.79 Å². The molecule has 0 bridgehead atoms. The van der Waals surface area contributed by atoms with Crippen LogP contribution in [0.15, 0.2) is 10.8 Å². The van der Waals surface area contributed by atoms with E-state index >= 15 is 0 Å². The number of nitrogens with one attached hydrogen (secondary N) is 1. The molecule has 90 valence electrons. The lowest BCUT2D eigenvalue weighted by atomic mass is 10.3. The van der Waals surface area contributed by atoms with E-state index in [1.54, 1.807) is 0 Å². The van der Waals surface area contributed by atoms with Gasteiger partial charge < -0.3 is 5.32 Å². The van der Waals surface area contributed by atoms with E-state index in [1.807, 2.05) is 24.6 Å². The third-order valence-electron chi connectivity index (χ3n) is 2.24. The largest absolute Gasteiger partial charge is 0.347 e. The van der Waals surface area contributed by atoms with Crippen molar-refractivity contribution < 1.29 is 4.79 Å². The van der Waals surface area contributed by atoms with Crippen LogP contribution < -0.4 is 5.32 Å². The maximum absolute atomic E-state index is 11.9. The number of thiophene rings is 1. The zero-order valence-corrected chi connectivity index (χ0v) is 11.8. The van der Waals surface area contributed by atoms with Crippen molar-refractivity contribution in [3.8, 4) is 0 Å². The number of thiazole rings is 1. The van der Waals surface area contributed by atoms with Crippen molar-refractivity contribution in [3.63, 3.8) is 0 Å². The summed E-state index contributed by atoms with van der Waals surface area (Å²) in [7, 11) is 0. The van der Waals surface area contributed by atoms with Gasteiger partial charge in [0.25, 0.3) is 5.91 Å². The van der Waals surface area contributed by atoms with Crippen molar-refractivity contribution in [2.24, 2.45) is 0 Å². The predicted octanol–water partition coefficient (Wildman–Crippen LogP) is 3.40. The van der Waals surface area contributed by atoms with E-state index in [0.29, 0.717) is 16.4 Å². The summed E-state index contributed by atoms with van der Waals surface area (Å²) >= 11 is 8.89. The normalized spacial score (nSPS) is 10.5. The summed E-state index contributed by atoms with van der Waals surface area (Å²) in [5, 5.41) is 8.25. The fraction of sp³-hybridized carbons (Fsp3) is 0.273. The van der Waals surface area contributed by atoms with Crippen LogP contribution in [0, 0.1) is 13.8 Å². The fourth-order valence-corrected chi connectivity index (χ4v) is 3.32. The Morgan fingerprint density at radius 1 is 1.47 bits per heavy atom. The first kappa shape index (κ1) is 12.5. The van der Waals surface area contributed by atoms with Gasteiger partial charge in [-0.25, -0.2) is 4.98 Å². The summed E-state index contributed by atoms with van der Waals surface area (Å²) in [4.78, 5) is 16.8. The van der Waals surface area contributed by atoms with Crippen molar-refractivity contribution >= 4 is 40.2 Å². The Morgan fingerprint density at radius 3 is 2.76 bits per heavy atom. The van der Waals surface area contributed by atoms with E-state index in [-0.39, 0.29) is 5.91 Å². The Kier molecular flexibility index (Phi) is 3.81. The summed E-state index contributed by atoms with van der Waals surface area (Å²) in [5.41, 5.74) is 1.73. The Bertz CT molecular complexity index is 547. The molecule has 1 N–H and O–H groups in total. The molecule has 0 radical (unpaired) electrons. The molecule has 2 aromatic rings. The Labute approximate surface area is 112 Å². The molecule has 6 heteroatoms. The first-order valence-electron chi connectivity index (χ1n) is 5.00. The van der Waals surface area contributed by atoms with E-state index in [2.05, 4.69) is 10.3 Å². The molecule has 0 atom stereocenters. The van der Waals surface area contributed by atoms with E-state index < -0.39 is 0 Å². The summed E-state index contributed by atoms with van der Waals surface area (Å²) in [6.07, 6.45) is 0. The highest BCUT2D eigenvalue weighted by Crippen LogP contribution is 2.21. The first-order chi connectivity index (χ1) is 8.08. The zero-order valence-electron chi connectivity index (χ0n) is 9.41. The molecule has 2 heterocycles. The monoisotopic (exact) mass is 286 g/mol. The maximum Gasteiger partial charge on any atom is 0.263 e. The zero-order chi connectivity index (χ0) is 12.4. The summed E-state index contributed by atoms with van der Waals surface area (Å²) in [6.45, 7) is 4.19. The van der Waals surface area contributed by atoms with Crippen molar-refractivity contribution in [1.29, 1.82) is 0 Å². The van der Waals surface area contributed by atoms with Crippen LogP contribution in [0.4, 0.5) is 0 Å². The number of aromatic nitrogens is 1. The molecule has 0 unspecified atom stereocenters. The van der Waals surface area contributed by atoms with Gasteiger partial charge in [0.2, 0.25) is 0 Å². The van der Waals surface area contributed by atoms with Gasteiger partial charge in [-0.3, -0.25) is 4.79 Å². The number of nitrogens with zero attached hydrogens (tertiary/aromatic N) is 1. The van der Waals surface area contributed by atoms with Crippen LogP contribution in [-0.2, 0) is 6.54 Å². The smallest absolute Gasteiger partial charge is 0.263 e. The highest BCUT2D eigenvalue weighted by molar-refractivity contribution is 7.13. The van der Waals surface area contributed by atoms with Gasteiger partial charge in [-0.05, 0) is 19.2 Å². The average molecular weight is 287 g/mol. The van der Waals surface area contributed by atoms with Crippen LogP contribution >= 0.6 is 34.3 Å². The number of rotatable bonds is 3. The van der Waals surface area contributed by atoms with Crippen molar-refractivity contribution in [3.05, 3.63) is 36.9 Å². The quantitative estimate of drug-likeness (QED) is 0.939. The molecule has 0 fully saturated rings. The second-order valence-corrected chi connectivity index (χ2v) is 5.93. The van der Waals surface area contributed by atoms with Crippen LogP contribution in [0.5, 0.6) is 0 Å². The number of aryl methyl sites for hydroxylation is 2. The molecule has 0 saturated carbocycles. The third-order valence-corrected chi connectivity index (χ3v) is 4.58. The van der Waals surface area contributed by atoms with Gasteiger partial charge in [-0.1, -0.05) is 11.6 Å². The maximum atomic E-state index is 11.9. The van der Waals surface area contributed by atoms with Crippen LogP contribution in [-0.4, -0.2) is 10.9 Å². The molecular weight excluding hydrogens is 276 g/mol. The molecule has 3 nitrogen and oxygen atoms in total.